The molecule has 0 heterocycles. The summed E-state index contributed by atoms with van der Waals surface area (Å²) < 4.78 is 14.0. The molecule has 114 valence electrons. The van der Waals surface area contributed by atoms with Gasteiger partial charge < -0.3 is 5.32 Å². The fraction of sp³-hybridized carbons (Fsp3) is 0.647. The van der Waals surface area contributed by atoms with Crippen molar-refractivity contribution in [1.82, 2.24) is 5.32 Å². The average molecular weight is 300 g/mol. The molecule has 1 aromatic carbocycles. The van der Waals surface area contributed by atoms with Crippen molar-refractivity contribution in [2.24, 2.45) is 5.92 Å². The maximum absolute atomic E-state index is 14.0. The number of halogens is 2. The molecule has 3 heteroatoms. The fourth-order valence-electron chi connectivity index (χ4n) is 2.66. The summed E-state index contributed by atoms with van der Waals surface area (Å²) in [6.45, 7) is 4.47. The molecule has 2 atom stereocenters. The molecule has 1 nitrogen and oxygen atoms in total. The molecule has 0 spiro atoms. The maximum atomic E-state index is 14.0. The van der Waals surface area contributed by atoms with Gasteiger partial charge in [0.15, 0.2) is 0 Å². The van der Waals surface area contributed by atoms with Gasteiger partial charge in [0.1, 0.15) is 5.82 Å². The average Bonchev–Trinajstić information content (AvgIpc) is 2.46. The first-order valence-corrected chi connectivity index (χ1v) is 8.10. The second-order valence-corrected chi connectivity index (χ2v) is 5.96. The minimum absolute atomic E-state index is 0.218. The second-order valence-electron chi connectivity index (χ2n) is 5.55. The van der Waals surface area contributed by atoms with Crippen LogP contribution in [0.3, 0.4) is 0 Å². The van der Waals surface area contributed by atoms with Crippen LogP contribution in [0, 0.1) is 11.7 Å². The first-order valence-electron chi connectivity index (χ1n) is 7.72. The van der Waals surface area contributed by atoms with E-state index in [1.165, 1.54) is 25.7 Å². The Morgan fingerprint density at radius 2 is 2.05 bits per heavy atom. The molecule has 0 aliphatic carbocycles. The quantitative estimate of drug-likeness (QED) is 0.659. The third-order valence-corrected chi connectivity index (χ3v) is 4.36. The number of unbranched alkanes of at least 4 members (excludes halogenated alkanes) is 1. The Balaban J connectivity index is 2.64. The summed E-state index contributed by atoms with van der Waals surface area (Å²) in [5.74, 6) is 0.450. The first-order chi connectivity index (χ1) is 9.62. The van der Waals surface area contributed by atoms with E-state index in [0.717, 1.165) is 12.3 Å². The first kappa shape index (κ1) is 17.5. The third-order valence-electron chi connectivity index (χ3n) is 4.07. The summed E-state index contributed by atoms with van der Waals surface area (Å²) in [5, 5.41) is 3.55. The van der Waals surface area contributed by atoms with E-state index in [2.05, 4.69) is 19.2 Å². The highest BCUT2D eigenvalue weighted by atomic mass is 35.5. The van der Waals surface area contributed by atoms with Gasteiger partial charge in [-0.05, 0) is 37.4 Å². The molecule has 0 saturated carbocycles. The van der Waals surface area contributed by atoms with E-state index in [1.807, 2.05) is 19.2 Å². The van der Waals surface area contributed by atoms with Crippen molar-refractivity contribution in [2.45, 2.75) is 58.4 Å². The number of hydrogen-bond acceptors (Lipinski definition) is 1. The smallest absolute Gasteiger partial charge is 0.145 e. The fourth-order valence-corrected chi connectivity index (χ4v) is 2.85. The van der Waals surface area contributed by atoms with Gasteiger partial charge in [0.2, 0.25) is 0 Å². The minimum Gasteiger partial charge on any atom is -0.317 e. The van der Waals surface area contributed by atoms with Crippen LogP contribution in [0.1, 0.15) is 51.5 Å². The van der Waals surface area contributed by atoms with E-state index >= 15 is 0 Å². The van der Waals surface area contributed by atoms with Crippen molar-refractivity contribution in [3.63, 3.8) is 0 Å². The monoisotopic (exact) mass is 299 g/mol. The maximum Gasteiger partial charge on any atom is 0.145 e. The predicted octanol–water partition coefficient (Wildman–Crippen LogP) is 5.22. The van der Waals surface area contributed by atoms with E-state index < -0.39 is 0 Å². The predicted molar refractivity (Wildman–Crippen MR) is 85.9 cm³/mol. The molecule has 1 rings (SSSR count). The molecule has 0 bridgehead atoms. The van der Waals surface area contributed by atoms with Crippen molar-refractivity contribution in [1.29, 1.82) is 0 Å². The lowest BCUT2D eigenvalue weighted by atomic mass is 9.89. The highest BCUT2D eigenvalue weighted by molar-refractivity contribution is 6.30. The molecule has 0 saturated heterocycles. The van der Waals surface area contributed by atoms with E-state index in [9.17, 15) is 4.39 Å². The minimum atomic E-state index is -0.268. The summed E-state index contributed by atoms with van der Waals surface area (Å²) in [6.07, 6.45) is 6.77. The lowest BCUT2D eigenvalue weighted by molar-refractivity contribution is 0.356. The van der Waals surface area contributed by atoms with Gasteiger partial charge in [-0.1, -0.05) is 63.3 Å². The molecule has 1 N–H and O–H groups in total. The molecule has 0 aromatic heterocycles. The van der Waals surface area contributed by atoms with Crippen molar-refractivity contribution >= 4 is 11.6 Å². The van der Waals surface area contributed by atoms with Gasteiger partial charge in [0.05, 0.1) is 5.02 Å². The third kappa shape index (κ3) is 5.41. The summed E-state index contributed by atoms with van der Waals surface area (Å²) in [7, 11) is 1.96. The summed E-state index contributed by atoms with van der Waals surface area (Å²) >= 11 is 5.85. The number of likely N-dealkylation sites (N-methyl/N-ethyl adjacent to an activating group) is 1. The zero-order valence-corrected chi connectivity index (χ0v) is 13.6. The largest absolute Gasteiger partial charge is 0.317 e. The van der Waals surface area contributed by atoms with Crippen molar-refractivity contribution < 1.29 is 4.39 Å². The Hall–Kier alpha value is -0.600. The molecule has 0 fully saturated rings. The van der Waals surface area contributed by atoms with Crippen LogP contribution in [-0.4, -0.2) is 13.1 Å². The Bertz CT molecular complexity index is 395. The highest BCUT2D eigenvalue weighted by Crippen LogP contribution is 2.23. The van der Waals surface area contributed by atoms with Gasteiger partial charge >= 0.3 is 0 Å². The molecule has 20 heavy (non-hydrogen) atoms. The highest BCUT2D eigenvalue weighted by Gasteiger charge is 2.16. The zero-order chi connectivity index (χ0) is 15.0. The molecular weight excluding hydrogens is 273 g/mol. The van der Waals surface area contributed by atoms with Crippen LogP contribution < -0.4 is 5.32 Å². The van der Waals surface area contributed by atoms with E-state index in [1.54, 1.807) is 6.07 Å². The van der Waals surface area contributed by atoms with Gasteiger partial charge in [-0.15, -0.1) is 0 Å². The Morgan fingerprint density at radius 3 is 2.65 bits per heavy atom. The lowest BCUT2D eigenvalue weighted by Gasteiger charge is -2.23. The molecule has 0 aliphatic rings. The summed E-state index contributed by atoms with van der Waals surface area (Å²) in [5.41, 5.74) is 0.710. The number of benzene rings is 1. The number of hydrogen-bond donors (Lipinski definition) is 1. The van der Waals surface area contributed by atoms with Gasteiger partial charge in [0.25, 0.3) is 0 Å². The van der Waals surface area contributed by atoms with Crippen LogP contribution in [0.15, 0.2) is 18.2 Å². The van der Waals surface area contributed by atoms with Gasteiger partial charge in [-0.25, -0.2) is 4.39 Å². The van der Waals surface area contributed by atoms with E-state index in [-0.39, 0.29) is 10.8 Å². The second kappa shape index (κ2) is 9.36. The van der Waals surface area contributed by atoms with Crippen molar-refractivity contribution in [2.75, 3.05) is 7.05 Å². The molecule has 2 unspecified atom stereocenters. The van der Waals surface area contributed by atoms with Crippen LogP contribution in [0.4, 0.5) is 4.39 Å². The Labute approximate surface area is 127 Å². The Kier molecular flexibility index (Phi) is 8.16. The topological polar surface area (TPSA) is 12.0 Å². The van der Waals surface area contributed by atoms with Crippen LogP contribution in [0.2, 0.25) is 5.02 Å². The van der Waals surface area contributed by atoms with Crippen molar-refractivity contribution in [3.8, 4) is 0 Å². The zero-order valence-electron chi connectivity index (χ0n) is 12.9. The number of rotatable bonds is 9. The molecule has 0 aliphatic heterocycles. The SMILES string of the molecule is CCCCC(CC)CC(Cc1cccc(Cl)c1F)NC. The van der Waals surface area contributed by atoms with Crippen LogP contribution in [0.5, 0.6) is 0 Å². The van der Waals surface area contributed by atoms with E-state index in [0.29, 0.717) is 18.0 Å². The summed E-state index contributed by atoms with van der Waals surface area (Å²) in [4.78, 5) is 0. The molecule has 1 aromatic rings. The normalized spacial score (nSPS) is 14.2. The molecule has 0 amide bonds. The van der Waals surface area contributed by atoms with Gasteiger partial charge in [-0.3, -0.25) is 0 Å². The van der Waals surface area contributed by atoms with Crippen molar-refractivity contribution in [3.05, 3.63) is 34.6 Å². The molecular formula is C17H27ClFN. The standard InChI is InChI=1S/C17H27ClFN/c1-4-6-8-13(5-2)11-15(20-3)12-14-9-7-10-16(18)17(14)19/h7,9-10,13,15,20H,4-6,8,11-12H2,1-3H3. The van der Waals surface area contributed by atoms with Crippen LogP contribution in [0.25, 0.3) is 0 Å². The Morgan fingerprint density at radius 1 is 1.30 bits per heavy atom. The van der Waals surface area contributed by atoms with Gasteiger partial charge in [0, 0.05) is 6.04 Å². The lowest BCUT2D eigenvalue weighted by Crippen LogP contribution is -2.30. The van der Waals surface area contributed by atoms with Crippen LogP contribution in [-0.2, 0) is 6.42 Å². The van der Waals surface area contributed by atoms with Gasteiger partial charge in [-0.2, -0.15) is 0 Å². The molecule has 0 radical (unpaired) electrons. The van der Waals surface area contributed by atoms with Crippen LogP contribution >= 0.6 is 11.6 Å². The number of nitrogens with one attached hydrogen (secondary N) is 1. The van der Waals surface area contributed by atoms with E-state index in [4.69, 9.17) is 11.6 Å². The summed E-state index contributed by atoms with van der Waals surface area (Å²) in [6, 6.07) is 5.57.